The van der Waals surface area contributed by atoms with E-state index in [0.717, 1.165) is 29.9 Å². The monoisotopic (exact) mass is 375 g/mol. The van der Waals surface area contributed by atoms with Crippen molar-refractivity contribution < 1.29 is 4.74 Å². The van der Waals surface area contributed by atoms with Crippen LogP contribution >= 0.6 is 11.3 Å². The molecule has 0 bridgehead atoms. The van der Waals surface area contributed by atoms with Crippen LogP contribution in [0, 0.1) is 11.3 Å². The lowest BCUT2D eigenvalue weighted by molar-refractivity contribution is 0.122. The molecular weight excluding hydrogens is 358 g/mol. The molecule has 27 heavy (non-hydrogen) atoms. The first-order valence-corrected chi connectivity index (χ1v) is 9.49. The van der Waals surface area contributed by atoms with Crippen molar-refractivity contribution >= 4 is 28.9 Å². The van der Waals surface area contributed by atoms with Gasteiger partial charge in [-0.25, -0.2) is 15.0 Å². The van der Waals surface area contributed by atoms with Crippen molar-refractivity contribution in [3.05, 3.63) is 58.7 Å². The summed E-state index contributed by atoms with van der Waals surface area (Å²) in [5, 5.41) is 12.2. The molecule has 7 heteroatoms. The molecule has 0 saturated carbocycles. The molecule has 3 heterocycles. The fourth-order valence-electron chi connectivity index (χ4n) is 2.78. The quantitative estimate of drug-likeness (QED) is 0.650. The highest BCUT2D eigenvalue weighted by atomic mass is 32.1. The fourth-order valence-corrected chi connectivity index (χ4v) is 3.57. The number of nitriles is 1. The average Bonchev–Trinajstić information content (AvgIpc) is 3.24. The van der Waals surface area contributed by atoms with E-state index in [-0.39, 0.29) is 0 Å². The zero-order chi connectivity index (χ0) is 18.5. The van der Waals surface area contributed by atoms with Gasteiger partial charge in [-0.3, -0.25) is 0 Å². The fraction of sp³-hybridized carbons (Fsp3) is 0.200. The third-order valence-electron chi connectivity index (χ3n) is 4.19. The summed E-state index contributed by atoms with van der Waals surface area (Å²) in [5.74, 6) is 0.689. The van der Waals surface area contributed by atoms with Gasteiger partial charge in [-0.05, 0) is 6.08 Å². The third-order valence-corrected chi connectivity index (χ3v) is 5.06. The lowest BCUT2D eigenvalue weighted by Gasteiger charge is -2.26. The van der Waals surface area contributed by atoms with Crippen molar-refractivity contribution in [3.8, 4) is 17.3 Å². The SMILES string of the molecule is N#C/C(=C/c1cnc(N2CCOCC2)nc1)c1nc(-c2ccccc2)cs1. The Balaban J connectivity index is 1.55. The molecule has 0 aliphatic carbocycles. The van der Waals surface area contributed by atoms with Crippen molar-refractivity contribution in [2.24, 2.45) is 0 Å². The van der Waals surface area contributed by atoms with Gasteiger partial charge in [0, 0.05) is 42.0 Å². The van der Waals surface area contributed by atoms with Crippen LogP contribution in [-0.4, -0.2) is 41.3 Å². The molecule has 0 amide bonds. The number of thiazole rings is 1. The zero-order valence-corrected chi connectivity index (χ0v) is 15.4. The Kier molecular flexibility index (Phi) is 5.19. The number of morpholine rings is 1. The molecule has 1 fully saturated rings. The van der Waals surface area contributed by atoms with E-state index >= 15 is 0 Å². The van der Waals surface area contributed by atoms with Crippen LogP contribution in [0.1, 0.15) is 10.6 Å². The number of anilines is 1. The van der Waals surface area contributed by atoms with Gasteiger partial charge in [0.1, 0.15) is 11.1 Å². The number of ether oxygens (including phenoxy) is 1. The predicted octanol–water partition coefficient (Wildman–Crippen LogP) is 3.50. The number of allylic oxidation sites excluding steroid dienone is 1. The van der Waals surface area contributed by atoms with Crippen molar-refractivity contribution in [2.45, 2.75) is 0 Å². The van der Waals surface area contributed by atoms with E-state index in [2.05, 4.69) is 25.9 Å². The number of rotatable bonds is 4. The molecule has 3 aromatic rings. The van der Waals surface area contributed by atoms with Crippen molar-refractivity contribution in [1.82, 2.24) is 15.0 Å². The Morgan fingerprint density at radius 2 is 1.89 bits per heavy atom. The van der Waals surface area contributed by atoms with Gasteiger partial charge < -0.3 is 9.64 Å². The number of aromatic nitrogens is 3. The van der Waals surface area contributed by atoms with Gasteiger partial charge in [-0.2, -0.15) is 5.26 Å². The first-order chi connectivity index (χ1) is 13.3. The molecule has 1 aliphatic rings. The minimum absolute atomic E-state index is 0.505. The van der Waals surface area contributed by atoms with Crippen LogP contribution in [0.4, 0.5) is 5.95 Å². The standard InChI is InChI=1S/C20H17N5OS/c21-11-17(19-24-18(14-27-19)16-4-2-1-3-5-16)10-15-12-22-20(23-13-15)25-6-8-26-9-7-25/h1-5,10,12-14H,6-9H2/b17-10-. The molecule has 0 N–H and O–H groups in total. The molecule has 134 valence electrons. The van der Waals surface area contributed by atoms with Crippen molar-refractivity contribution in [2.75, 3.05) is 31.2 Å². The normalized spacial score (nSPS) is 14.8. The van der Waals surface area contributed by atoms with Crippen molar-refractivity contribution in [3.63, 3.8) is 0 Å². The summed E-state index contributed by atoms with van der Waals surface area (Å²) >= 11 is 1.46. The molecule has 0 radical (unpaired) electrons. The second kappa shape index (κ2) is 8.08. The van der Waals surface area contributed by atoms with Crippen molar-refractivity contribution in [1.29, 1.82) is 5.26 Å². The van der Waals surface area contributed by atoms with Crippen LogP contribution in [0.15, 0.2) is 48.1 Å². The van der Waals surface area contributed by atoms with E-state index in [1.54, 1.807) is 18.5 Å². The Morgan fingerprint density at radius 3 is 2.59 bits per heavy atom. The number of hydrogen-bond donors (Lipinski definition) is 0. The van der Waals surface area contributed by atoms with Crippen LogP contribution in [0.25, 0.3) is 22.9 Å². The van der Waals surface area contributed by atoms with Gasteiger partial charge in [0.2, 0.25) is 5.95 Å². The maximum absolute atomic E-state index is 9.56. The van der Waals surface area contributed by atoms with E-state index in [0.29, 0.717) is 29.7 Å². The van der Waals surface area contributed by atoms with Gasteiger partial charge in [-0.15, -0.1) is 11.3 Å². The van der Waals surface area contributed by atoms with Crippen LogP contribution < -0.4 is 4.90 Å². The van der Waals surface area contributed by atoms with E-state index in [9.17, 15) is 5.26 Å². The molecule has 0 atom stereocenters. The second-order valence-electron chi connectivity index (χ2n) is 5.99. The summed E-state index contributed by atoms with van der Waals surface area (Å²) in [6.07, 6.45) is 5.25. The summed E-state index contributed by atoms with van der Waals surface area (Å²) in [6, 6.07) is 12.2. The second-order valence-corrected chi connectivity index (χ2v) is 6.85. The van der Waals surface area contributed by atoms with E-state index < -0.39 is 0 Å². The van der Waals surface area contributed by atoms with Gasteiger partial charge in [0.25, 0.3) is 0 Å². The predicted molar refractivity (Wildman–Crippen MR) is 106 cm³/mol. The minimum Gasteiger partial charge on any atom is -0.378 e. The molecule has 0 spiro atoms. The first kappa shape index (κ1) is 17.3. The van der Waals surface area contributed by atoms with E-state index in [4.69, 9.17) is 4.74 Å². The first-order valence-electron chi connectivity index (χ1n) is 8.61. The van der Waals surface area contributed by atoms with Crippen LogP contribution in [0.3, 0.4) is 0 Å². The Hall–Kier alpha value is -3.08. The summed E-state index contributed by atoms with van der Waals surface area (Å²) in [5.41, 5.74) is 3.19. The Morgan fingerprint density at radius 1 is 1.15 bits per heavy atom. The highest BCUT2D eigenvalue weighted by Gasteiger charge is 2.14. The number of benzene rings is 1. The lowest BCUT2D eigenvalue weighted by atomic mass is 10.2. The summed E-state index contributed by atoms with van der Waals surface area (Å²) in [4.78, 5) is 15.5. The maximum Gasteiger partial charge on any atom is 0.225 e. The topological polar surface area (TPSA) is 74.9 Å². The summed E-state index contributed by atoms with van der Waals surface area (Å²) < 4.78 is 5.35. The van der Waals surface area contributed by atoms with Crippen LogP contribution in [0.2, 0.25) is 0 Å². The lowest BCUT2D eigenvalue weighted by Crippen LogP contribution is -2.37. The van der Waals surface area contributed by atoms with Gasteiger partial charge in [0.15, 0.2) is 0 Å². The number of nitrogens with zero attached hydrogens (tertiary/aromatic N) is 5. The highest BCUT2D eigenvalue weighted by molar-refractivity contribution is 7.11. The number of hydrogen-bond acceptors (Lipinski definition) is 7. The van der Waals surface area contributed by atoms with Gasteiger partial charge >= 0.3 is 0 Å². The van der Waals surface area contributed by atoms with E-state index in [1.807, 2.05) is 35.7 Å². The average molecular weight is 375 g/mol. The molecule has 1 saturated heterocycles. The highest BCUT2D eigenvalue weighted by Crippen LogP contribution is 2.27. The molecule has 6 nitrogen and oxygen atoms in total. The molecule has 1 aromatic carbocycles. The third kappa shape index (κ3) is 4.03. The molecule has 2 aromatic heterocycles. The minimum atomic E-state index is 0.505. The smallest absolute Gasteiger partial charge is 0.225 e. The Bertz CT molecular complexity index is 970. The summed E-state index contributed by atoms with van der Waals surface area (Å²) in [7, 11) is 0. The maximum atomic E-state index is 9.56. The zero-order valence-electron chi connectivity index (χ0n) is 14.6. The van der Waals surface area contributed by atoms with Crippen LogP contribution in [-0.2, 0) is 4.74 Å². The van der Waals surface area contributed by atoms with Gasteiger partial charge in [-0.1, -0.05) is 30.3 Å². The largest absolute Gasteiger partial charge is 0.378 e. The Labute approximate surface area is 161 Å². The van der Waals surface area contributed by atoms with Gasteiger partial charge in [0.05, 0.1) is 24.5 Å². The molecule has 4 rings (SSSR count). The summed E-state index contributed by atoms with van der Waals surface area (Å²) in [6.45, 7) is 2.97. The van der Waals surface area contributed by atoms with E-state index in [1.165, 1.54) is 11.3 Å². The molecule has 1 aliphatic heterocycles. The van der Waals surface area contributed by atoms with Crippen LogP contribution in [0.5, 0.6) is 0 Å². The molecule has 0 unspecified atom stereocenters. The molecular formula is C20H17N5OS.